The number of methoxy groups -OCH3 is 2. The van der Waals surface area contributed by atoms with E-state index in [0.717, 1.165) is 22.3 Å². The molecule has 1 aromatic carbocycles. The zero-order valence-electron chi connectivity index (χ0n) is 16.5. The normalized spacial score (nSPS) is 15.2. The molecule has 1 unspecified atom stereocenters. The highest BCUT2D eigenvalue weighted by Crippen LogP contribution is 2.44. The van der Waals surface area contributed by atoms with Gasteiger partial charge in [-0.15, -0.1) is 5.10 Å². The first kappa shape index (κ1) is 18.2. The third kappa shape index (κ3) is 3.24. The number of rotatable bonds is 5. The van der Waals surface area contributed by atoms with Crippen LogP contribution in [0.4, 0.5) is 0 Å². The van der Waals surface area contributed by atoms with Crippen molar-refractivity contribution in [2.75, 3.05) is 20.8 Å². The molecule has 30 heavy (non-hydrogen) atoms. The third-order valence-corrected chi connectivity index (χ3v) is 4.93. The lowest BCUT2D eigenvalue weighted by molar-refractivity contribution is 0.0867. The minimum atomic E-state index is -0.288. The molecule has 3 aromatic heterocycles. The van der Waals surface area contributed by atoms with Gasteiger partial charge >= 0.3 is 0 Å². The minimum Gasteiger partial charge on any atom is -0.493 e. The Labute approximate surface area is 172 Å². The number of pyridine rings is 1. The van der Waals surface area contributed by atoms with E-state index < -0.39 is 0 Å². The third-order valence-electron chi connectivity index (χ3n) is 4.93. The van der Waals surface area contributed by atoms with E-state index in [0.29, 0.717) is 36.3 Å². The molecule has 0 bridgehead atoms. The van der Waals surface area contributed by atoms with Crippen LogP contribution in [-0.2, 0) is 6.54 Å². The highest BCUT2D eigenvalue weighted by Gasteiger charge is 2.27. The number of hydrogen-bond acceptors (Lipinski definition) is 8. The van der Waals surface area contributed by atoms with E-state index in [-0.39, 0.29) is 6.10 Å². The van der Waals surface area contributed by atoms with Gasteiger partial charge in [0.2, 0.25) is 11.6 Å². The van der Waals surface area contributed by atoms with E-state index in [4.69, 9.17) is 18.9 Å². The second-order valence-electron chi connectivity index (χ2n) is 6.79. The fourth-order valence-electron chi connectivity index (χ4n) is 3.43. The van der Waals surface area contributed by atoms with Crippen LogP contribution in [0.1, 0.15) is 17.2 Å². The molecule has 0 saturated heterocycles. The fraction of sp³-hybridized carbons (Fsp3) is 0.238. The average Bonchev–Trinajstić information content (AvgIpc) is 3.21. The predicted molar refractivity (Wildman–Crippen MR) is 107 cm³/mol. The number of nitrogens with zero attached hydrogens (tertiary/aromatic N) is 5. The van der Waals surface area contributed by atoms with Crippen LogP contribution in [0.2, 0.25) is 0 Å². The maximum Gasteiger partial charge on any atom is 0.212 e. The van der Waals surface area contributed by atoms with E-state index in [1.54, 1.807) is 39.0 Å². The van der Waals surface area contributed by atoms with Gasteiger partial charge in [0.1, 0.15) is 12.1 Å². The molecule has 0 saturated carbocycles. The largest absolute Gasteiger partial charge is 0.493 e. The Morgan fingerprint density at radius 1 is 1.13 bits per heavy atom. The molecule has 9 nitrogen and oxygen atoms in total. The minimum absolute atomic E-state index is 0.288. The molecule has 0 radical (unpaired) electrons. The average molecular weight is 405 g/mol. The van der Waals surface area contributed by atoms with Crippen molar-refractivity contribution in [3.05, 3.63) is 60.2 Å². The van der Waals surface area contributed by atoms with E-state index in [1.165, 1.54) is 0 Å². The molecule has 1 atom stereocenters. The van der Waals surface area contributed by atoms with Crippen LogP contribution in [-0.4, -0.2) is 45.6 Å². The van der Waals surface area contributed by atoms with Gasteiger partial charge in [0.15, 0.2) is 23.3 Å². The summed E-state index contributed by atoms with van der Waals surface area (Å²) < 4.78 is 24.9. The molecule has 152 valence electrons. The van der Waals surface area contributed by atoms with Crippen molar-refractivity contribution >= 4 is 11.2 Å². The van der Waals surface area contributed by atoms with Gasteiger partial charge in [-0.05, 0) is 29.8 Å². The van der Waals surface area contributed by atoms with Crippen LogP contribution in [0.25, 0.3) is 11.2 Å². The molecule has 0 N–H and O–H groups in total. The lowest BCUT2D eigenvalue weighted by Crippen LogP contribution is -2.22. The predicted octanol–water partition coefficient (Wildman–Crippen LogP) is 2.80. The number of aromatic nitrogens is 5. The summed E-state index contributed by atoms with van der Waals surface area (Å²) in [5, 5.41) is 8.12. The van der Waals surface area contributed by atoms with Crippen LogP contribution in [0.5, 0.6) is 23.1 Å². The smallest absolute Gasteiger partial charge is 0.212 e. The Bertz CT molecular complexity index is 1170. The first-order chi connectivity index (χ1) is 14.7. The monoisotopic (exact) mass is 405 g/mol. The van der Waals surface area contributed by atoms with Gasteiger partial charge in [-0.25, -0.2) is 9.97 Å². The Morgan fingerprint density at radius 3 is 2.87 bits per heavy atom. The first-order valence-electron chi connectivity index (χ1n) is 9.38. The molecule has 0 aliphatic carbocycles. The van der Waals surface area contributed by atoms with Crippen molar-refractivity contribution in [3.8, 4) is 23.1 Å². The summed E-state index contributed by atoms with van der Waals surface area (Å²) in [5.74, 6) is 2.36. The summed E-state index contributed by atoms with van der Waals surface area (Å²) in [7, 11) is 3.19. The Morgan fingerprint density at radius 2 is 2.07 bits per heavy atom. The van der Waals surface area contributed by atoms with Crippen LogP contribution in [0.15, 0.2) is 49.1 Å². The number of hydrogen-bond donors (Lipinski definition) is 0. The van der Waals surface area contributed by atoms with Gasteiger partial charge in [-0.3, -0.25) is 0 Å². The lowest BCUT2D eigenvalue weighted by atomic mass is 10.1. The molecular formula is C21H19N5O4. The van der Waals surface area contributed by atoms with Crippen LogP contribution in [0.3, 0.4) is 0 Å². The van der Waals surface area contributed by atoms with Gasteiger partial charge in [-0.1, -0.05) is 0 Å². The topological polar surface area (TPSA) is 93.4 Å². The fourth-order valence-corrected chi connectivity index (χ4v) is 3.43. The summed E-state index contributed by atoms with van der Waals surface area (Å²) in [5.41, 5.74) is 3.39. The lowest BCUT2D eigenvalue weighted by Gasteiger charge is -2.28. The van der Waals surface area contributed by atoms with Crippen molar-refractivity contribution in [1.29, 1.82) is 0 Å². The highest BCUT2D eigenvalue weighted by atomic mass is 16.6. The quantitative estimate of drug-likeness (QED) is 0.500. The molecule has 5 rings (SSSR count). The van der Waals surface area contributed by atoms with Gasteiger partial charge in [0.25, 0.3) is 0 Å². The van der Waals surface area contributed by atoms with E-state index >= 15 is 0 Å². The van der Waals surface area contributed by atoms with Crippen LogP contribution >= 0.6 is 0 Å². The molecule has 4 heterocycles. The number of ether oxygens (including phenoxy) is 4. The van der Waals surface area contributed by atoms with Crippen LogP contribution < -0.4 is 18.9 Å². The summed E-state index contributed by atoms with van der Waals surface area (Å²) in [6.07, 6.45) is 4.81. The standard InChI is InChI=1S/C21H19N5O4/c1-27-16-7-13(10-26-12-23-15-5-6-24-25-21(15)26)8-17-20(16)30-18(11-29-17)14-3-4-19(28-2)22-9-14/h3-9,12,18H,10-11H2,1-2H3. The van der Waals surface area contributed by atoms with Crippen molar-refractivity contribution < 1.29 is 18.9 Å². The summed E-state index contributed by atoms with van der Waals surface area (Å²) in [6, 6.07) is 9.42. The van der Waals surface area contributed by atoms with Gasteiger partial charge in [-0.2, -0.15) is 5.10 Å². The molecule has 0 fully saturated rings. The summed E-state index contributed by atoms with van der Waals surface area (Å²) in [6.45, 7) is 0.918. The van der Waals surface area contributed by atoms with Gasteiger partial charge in [0, 0.05) is 17.8 Å². The first-order valence-corrected chi connectivity index (χ1v) is 9.38. The maximum atomic E-state index is 6.20. The number of benzene rings is 1. The molecular weight excluding hydrogens is 386 g/mol. The zero-order chi connectivity index (χ0) is 20.5. The molecule has 0 spiro atoms. The van der Waals surface area contributed by atoms with E-state index in [2.05, 4.69) is 20.2 Å². The van der Waals surface area contributed by atoms with Crippen LogP contribution in [0, 0.1) is 0 Å². The molecule has 0 amide bonds. The van der Waals surface area contributed by atoms with Crippen molar-refractivity contribution in [3.63, 3.8) is 0 Å². The molecule has 1 aliphatic rings. The highest BCUT2D eigenvalue weighted by molar-refractivity contribution is 5.69. The summed E-state index contributed by atoms with van der Waals surface area (Å²) >= 11 is 0. The van der Waals surface area contributed by atoms with E-state index in [9.17, 15) is 0 Å². The summed E-state index contributed by atoms with van der Waals surface area (Å²) in [4.78, 5) is 8.60. The second-order valence-corrected chi connectivity index (χ2v) is 6.79. The Hall–Kier alpha value is -3.88. The number of imidazole rings is 1. The van der Waals surface area contributed by atoms with Crippen molar-refractivity contribution in [1.82, 2.24) is 24.7 Å². The molecule has 4 aromatic rings. The van der Waals surface area contributed by atoms with Gasteiger partial charge in [0.05, 0.1) is 33.3 Å². The Kier molecular flexibility index (Phi) is 4.55. The van der Waals surface area contributed by atoms with Gasteiger partial charge < -0.3 is 23.5 Å². The number of fused-ring (bicyclic) bond motifs is 2. The SMILES string of the molecule is COc1ccc(C2COc3cc(Cn4cnc5ccnnc54)cc(OC)c3O2)cn1. The van der Waals surface area contributed by atoms with E-state index in [1.807, 2.05) is 28.8 Å². The molecule has 9 heteroatoms. The maximum absolute atomic E-state index is 6.20. The van der Waals surface area contributed by atoms with Crippen molar-refractivity contribution in [2.24, 2.45) is 0 Å². The van der Waals surface area contributed by atoms with Crippen molar-refractivity contribution in [2.45, 2.75) is 12.6 Å². The zero-order valence-corrected chi connectivity index (χ0v) is 16.5. The second kappa shape index (κ2) is 7.51. The Balaban J connectivity index is 1.43. The molecule has 1 aliphatic heterocycles.